The van der Waals surface area contributed by atoms with E-state index in [4.69, 9.17) is 10.5 Å². The summed E-state index contributed by atoms with van der Waals surface area (Å²) in [6.07, 6.45) is 0. The van der Waals surface area contributed by atoms with Gasteiger partial charge in [-0.15, -0.1) is 11.3 Å². The van der Waals surface area contributed by atoms with Crippen molar-refractivity contribution in [2.75, 3.05) is 25.5 Å². The molecule has 20 heavy (non-hydrogen) atoms. The zero-order valence-corrected chi connectivity index (χ0v) is 12.5. The minimum absolute atomic E-state index is 0.0111. The molecular formula is C15H18N2O2S. The van der Waals surface area contributed by atoms with E-state index in [0.717, 1.165) is 10.1 Å². The number of carbonyl (C=O) groups is 1. The fourth-order valence-corrected chi connectivity index (χ4v) is 3.65. The van der Waals surface area contributed by atoms with Crippen LogP contribution in [0.25, 0.3) is 10.1 Å². The van der Waals surface area contributed by atoms with E-state index in [2.05, 4.69) is 0 Å². The number of nitrogens with two attached hydrogens (primary N) is 1. The molecule has 0 aliphatic carbocycles. The van der Waals surface area contributed by atoms with Gasteiger partial charge in [0.15, 0.2) is 0 Å². The highest BCUT2D eigenvalue weighted by Crippen LogP contribution is 2.35. The molecular weight excluding hydrogens is 272 g/mol. The number of carbonyl (C=O) groups excluding carboxylic acids is 1. The molecule has 0 radical (unpaired) electrons. The second kappa shape index (κ2) is 4.75. The van der Waals surface area contributed by atoms with Gasteiger partial charge in [-0.2, -0.15) is 0 Å². The molecule has 2 heterocycles. The van der Waals surface area contributed by atoms with Crippen LogP contribution in [0.5, 0.6) is 0 Å². The highest BCUT2D eigenvalue weighted by atomic mass is 32.1. The number of morpholine rings is 1. The number of amides is 1. The summed E-state index contributed by atoms with van der Waals surface area (Å²) >= 11 is 1.47. The number of ether oxygens (including phenoxy) is 1. The Bertz CT molecular complexity index is 663. The van der Waals surface area contributed by atoms with Crippen molar-refractivity contribution in [1.29, 1.82) is 0 Å². The Morgan fingerprint density at radius 3 is 2.85 bits per heavy atom. The second-order valence-electron chi connectivity index (χ2n) is 5.66. The minimum Gasteiger partial charge on any atom is -0.397 e. The van der Waals surface area contributed by atoms with Crippen LogP contribution >= 0.6 is 11.3 Å². The molecule has 5 heteroatoms. The number of rotatable bonds is 1. The summed E-state index contributed by atoms with van der Waals surface area (Å²) in [7, 11) is 0. The molecule has 1 aliphatic rings. The fourth-order valence-electron chi connectivity index (χ4n) is 2.58. The van der Waals surface area contributed by atoms with Gasteiger partial charge < -0.3 is 15.4 Å². The average molecular weight is 290 g/mol. The highest BCUT2D eigenvalue weighted by Gasteiger charge is 2.36. The Morgan fingerprint density at radius 2 is 2.15 bits per heavy atom. The molecule has 1 aromatic heterocycles. The number of thiophene rings is 1. The van der Waals surface area contributed by atoms with E-state index >= 15 is 0 Å². The van der Waals surface area contributed by atoms with Crippen molar-refractivity contribution in [3.63, 3.8) is 0 Å². The van der Waals surface area contributed by atoms with Crippen molar-refractivity contribution < 1.29 is 9.53 Å². The molecule has 1 saturated heterocycles. The van der Waals surface area contributed by atoms with E-state index in [0.29, 0.717) is 30.3 Å². The predicted molar refractivity (Wildman–Crippen MR) is 82.2 cm³/mol. The van der Waals surface area contributed by atoms with E-state index in [-0.39, 0.29) is 11.4 Å². The highest BCUT2D eigenvalue weighted by molar-refractivity contribution is 7.21. The summed E-state index contributed by atoms with van der Waals surface area (Å²) in [5.74, 6) is 0.0111. The van der Waals surface area contributed by atoms with Gasteiger partial charge in [0.1, 0.15) is 4.88 Å². The molecule has 1 fully saturated rings. The zero-order valence-electron chi connectivity index (χ0n) is 11.7. The van der Waals surface area contributed by atoms with Crippen LogP contribution in [0.15, 0.2) is 24.3 Å². The third-order valence-electron chi connectivity index (χ3n) is 3.72. The summed E-state index contributed by atoms with van der Waals surface area (Å²) in [6.45, 7) is 5.80. The van der Waals surface area contributed by atoms with Gasteiger partial charge in [-0.05, 0) is 19.9 Å². The molecule has 1 amide bonds. The lowest BCUT2D eigenvalue weighted by atomic mass is 10.0. The van der Waals surface area contributed by atoms with Gasteiger partial charge in [0.2, 0.25) is 0 Å². The van der Waals surface area contributed by atoms with Crippen molar-refractivity contribution in [2.45, 2.75) is 19.4 Å². The van der Waals surface area contributed by atoms with Crippen LogP contribution in [0.2, 0.25) is 0 Å². The Labute approximate surface area is 122 Å². The Hall–Kier alpha value is -1.59. The van der Waals surface area contributed by atoms with Crippen molar-refractivity contribution in [1.82, 2.24) is 4.90 Å². The average Bonchev–Trinajstić information content (AvgIpc) is 2.76. The quantitative estimate of drug-likeness (QED) is 0.878. The van der Waals surface area contributed by atoms with Gasteiger partial charge in [-0.25, -0.2) is 0 Å². The molecule has 1 aromatic carbocycles. The van der Waals surface area contributed by atoms with Crippen LogP contribution < -0.4 is 5.73 Å². The maximum absolute atomic E-state index is 12.8. The molecule has 4 nitrogen and oxygen atoms in total. The van der Waals surface area contributed by atoms with E-state index in [9.17, 15) is 4.79 Å². The first-order valence-corrected chi connectivity index (χ1v) is 7.49. The van der Waals surface area contributed by atoms with Crippen molar-refractivity contribution in [3.8, 4) is 0 Å². The first-order valence-electron chi connectivity index (χ1n) is 6.67. The molecule has 106 valence electrons. The minimum atomic E-state index is -0.294. The number of nitrogen functional groups attached to an aromatic ring is 1. The van der Waals surface area contributed by atoms with E-state index in [1.54, 1.807) is 0 Å². The van der Waals surface area contributed by atoms with Gasteiger partial charge in [-0.1, -0.05) is 18.2 Å². The zero-order chi connectivity index (χ0) is 14.3. The normalized spacial score (nSPS) is 18.4. The van der Waals surface area contributed by atoms with Crippen LogP contribution in [0.4, 0.5) is 5.69 Å². The van der Waals surface area contributed by atoms with Crippen LogP contribution in [0.3, 0.4) is 0 Å². The van der Waals surface area contributed by atoms with Gasteiger partial charge in [0.05, 0.1) is 24.4 Å². The van der Waals surface area contributed by atoms with Crippen LogP contribution in [0.1, 0.15) is 23.5 Å². The predicted octanol–water partition coefficient (Wildman–Crippen LogP) is 2.73. The number of hydrogen-bond donors (Lipinski definition) is 1. The molecule has 0 bridgehead atoms. The number of fused-ring (bicyclic) bond motifs is 1. The molecule has 0 saturated carbocycles. The topological polar surface area (TPSA) is 55.6 Å². The van der Waals surface area contributed by atoms with Gasteiger partial charge in [0.25, 0.3) is 5.91 Å². The van der Waals surface area contributed by atoms with Crippen LogP contribution in [0, 0.1) is 0 Å². The van der Waals surface area contributed by atoms with Crippen molar-refractivity contribution in [2.24, 2.45) is 0 Å². The third kappa shape index (κ3) is 2.07. The monoisotopic (exact) mass is 290 g/mol. The second-order valence-corrected chi connectivity index (χ2v) is 6.72. The Kier molecular flexibility index (Phi) is 3.18. The SMILES string of the molecule is CC1(C)COCCN1C(=O)c1sc2ccccc2c1N. The lowest BCUT2D eigenvalue weighted by molar-refractivity contribution is -0.0368. The summed E-state index contributed by atoms with van der Waals surface area (Å²) in [5.41, 5.74) is 6.47. The van der Waals surface area contributed by atoms with E-state index in [1.807, 2.05) is 43.0 Å². The largest absolute Gasteiger partial charge is 0.397 e. The van der Waals surface area contributed by atoms with E-state index in [1.165, 1.54) is 11.3 Å². The van der Waals surface area contributed by atoms with Crippen molar-refractivity contribution in [3.05, 3.63) is 29.1 Å². The van der Waals surface area contributed by atoms with Crippen LogP contribution in [-0.2, 0) is 4.74 Å². The smallest absolute Gasteiger partial charge is 0.266 e. The first kappa shape index (κ1) is 13.4. The lowest BCUT2D eigenvalue weighted by Crippen LogP contribution is -2.55. The summed E-state index contributed by atoms with van der Waals surface area (Å²) in [6, 6.07) is 7.86. The van der Waals surface area contributed by atoms with Crippen molar-refractivity contribution >= 4 is 33.0 Å². The standard InChI is InChI=1S/C15H18N2O2S/c1-15(2)9-19-8-7-17(15)14(18)13-12(16)10-5-3-4-6-11(10)20-13/h3-6H,7-9,16H2,1-2H3. The molecule has 2 N–H and O–H groups in total. The number of nitrogens with zero attached hydrogens (tertiary/aromatic N) is 1. The summed E-state index contributed by atoms with van der Waals surface area (Å²) < 4.78 is 6.52. The summed E-state index contributed by atoms with van der Waals surface area (Å²) in [4.78, 5) is 15.3. The summed E-state index contributed by atoms with van der Waals surface area (Å²) in [5, 5.41) is 0.965. The van der Waals surface area contributed by atoms with Gasteiger partial charge in [-0.3, -0.25) is 4.79 Å². The van der Waals surface area contributed by atoms with Gasteiger partial charge >= 0.3 is 0 Å². The number of anilines is 1. The lowest BCUT2D eigenvalue weighted by Gasteiger charge is -2.41. The maximum Gasteiger partial charge on any atom is 0.266 e. The Morgan fingerprint density at radius 1 is 1.40 bits per heavy atom. The Balaban J connectivity index is 2.02. The molecule has 0 unspecified atom stereocenters. The third-order valence-corrected chi connectivity index (χ3v) is 4.89. The molecule has 3 rings (SSSR count). The first-order chi connectivity index (χ1) is 9.50. The molecule has 2 aromatic rings. The number of hydrogen-bond acceptors (Lipinski definition) is 4. The van der Waals surface area contributed by atoms with E-state index < -0.39 is 0 Å². The maximum atomic E-state index is 12.8. The van der Waals surface area contributed by atoms with Gasteiger partial charge in [0, 0.05) is 16.6 Å². The molecule has 1 aliphatic heterocycles. The number of benzene rings is 1. The fraction of sp³-hybridized carbons (Fsp3) is 0.400. The molecule has 0 atom stereocenters. The molecule has 0 spiro atoms. The van der Waals surface area contributed by atoms with Crippen LogP contribution in [-0.4, -0.2) is 36.1 Å².